The molecule has 1 heterocycles. The van der Waals surface area contributed by atoms with Crippen molar-refractivity contribution in [1.82, 2.24) is 10.2 Å². The molecule has 146 valence electrons. The van der Waals surface area contributed by atoms with Gasteiger partial charge < -0.3 is 20.7 Å². The van der Waals surface area contributed by atoms with Crippen LogP contribution >= 0.6 is 0 Å². The number of esters is 1. The van der Waals surface area contributed by atoms with E-state index in [4.69, 9.17) is 15.9 Å². The lowest BCUT2D eigenvalue weighted by Gasteiger charge is -2.34. The molecule has 1 aromatic carbocycles. The molecule has 9 nitrogen and oxygen atoms in total. The maximum Gasteiger partial charge on any atom is 0.307 e. The van der Waals surface area contributed by atoms with Gasteiger partial charge in [-0.25, -0.2) is 0 Å². The van der Waals surface area contributed by atoms with Gasteiger partial charge in [0.25, 0.3) is 0 Å². The van der Waals surface area contributed by atoms with Gasteiger partial charge in [-0.05, 0) is 31.2 Å². The van der Waals surface area contributed by atoms with Crippen LogP contribution in [0.5, 0.6) is 0 Å². The molecule has 0 aliphatic carbocycles. The SMILES string of the molecule is CCOC(=O)CCNC(=O)CN1CCN(c2ccc(C(=N)N)cc2)C(=O)C1. The van der Waals surface area contributed by atoms with E-state index in [1.807, 2.05) is 0 Å². The summed E-state index contributed by atoms with van der Waals surface area (Å²) in [5.41, 5.74) is 6.77. The van der Waals surface area contributed by atoms with E-state index >= 15 is 0 Å². The van der Waals surface area contributed by atoms with Crippen molar-refractivity contribution in [2.75, 3.05) is 44.2 Å². The lowest BCUT2D eigenvalue weighted by atomic mass is 10.1. The lowest BCUT2D eigenvalue weighted by Crippen LogP contribution is -2.52. The number of anilines is 1. The largest absolute Gasteiger partial charge is 0.466 e. The van der Waals surface area contributed by atoms with Crippen LogP contribution in [0.1, 0.15) is 18.9 Å². The maximum atomic E-state index is 12.4. The van der Waals surface area contributed by atoms with Crippen molar-refractivity contribution in [3.63, 3.8) is 0 Å². The van der Waals surface area contributed by atoms with Crippen LogP contribution in [0.25, 0.3) is 0 Å². The fraction of sp³-hybridized carbons (Fsp3) is 0.444. The number of amides is 2. The molecule has 1 saturated heterocycles. The third kappa shape index (κ3) is 6.07. The Hall–Kier alpha value is -2.94. The van der Waals surface area contributed by atoms with Gasteiger partial charge in [0.15, 0.2) is 0 Å². The summed E-state index contributed by atoms with van der Waals surface area (Å²) in [6.07, 6.45) is 0.128. The smallest absolute Gasteiger partial charge is 0.307 e. The number of nitrogens with zero attached hydrogens (tertiary/aromatic N) is 2. The van der Waals surface area contributed by atoms with Crippen LogP contribution in [-0.4, -0.2) is 67.8 Å². The molecule has 2 rings (SSSR count). The minimum atomic E-state index is -0.350. The van der Waals surface area contributed by atoms with Gasteiger partial charge >= 0.3 is 5.97 Å². The van der Waals surface area contributed by atoms with Gasteiger partial charge in [-0.3, -0.25) is 24.7 Å². The van der Waals surface area contributed by atoms with Crippen molar-refractivity contribution in [2.24, 2.45) is 5.73 Å². The minimum absolute atomic E-state index is 0.0216. The average Bonchev–Trinajstić information content (AvgIpc) is 2.62. The summed E-state index contributed by atoms with van der Waals surface area (Å²) in [4.78, 5) is 39.0. The second-order valence-electron chi connectivity index (χ2n) is 6.12. The van der Waals surface area contributed by atoms with Gasteiger partial charge in [0.05, 0.1) is 26.1 Å². The number of benzene rings is 1. The van der Waals surface area contributed by atoms with Crippen LogP contribution < -0.4 is 16.0 Å². The van der Waals surface area contributed by atoms with E-state index in [1.54, 1.807) is 41.0 Å². The molecule has 1 aliphatic rings. The highest BCUT2D eigenvalue weighted by molar-refractivity contribution is 5.98. The topological polar surface area (TPSA) is 129 Å². The Morgan fingerprint density at radius 1 is 1.26 bits per heavy atom. The summed E-state index contributed by atoms with van der Waals surface area (Å²) in [7, 11) is 0. The second-order valence-corrected chi connectivity index (χ2v) is 6.12. The molecule has 0 spiro atoms. The first-order valence-electron chi connectivity index (χ1n) is 8.80. The first kappa shape index (κ1) is 20.4. The number of hydrogen-bond donors (Lipinski definition) is 3. The van der Waals surface area contributed by atoms with Crippen LogP contribution in [0, 0.1) is 5.41 Å². The Labute approximate surface area is 157 Å². The molecule has 1 fully saturated rings. The van der Waals surface area contributed by atoms with Gasteiger partial charge in [-0.15, -0.1) is 0 Å². The molecule has 2 amide bonds. The van der Waals surface area contributed by atoms with E-state index in [2.05, 4.69) is 5.32 Å². The third-order valence-electron chi connectivity index (χ3n) is 4.11. The van der Waals surface area contributed by atoms with Gasteiger partial charge in [-0.2, -0.15) is 0 Å². The number of ether oxygens (including phenoxy) is 1. The maximum absolute atomic E-state index is 12.4. The van der Waals surface area contributed by atoms with Gasteiger partial charge in [0.2, 0.25) is 11.8 Å². The summed E-state index contributed by atoms with van der Waals surface area (Å²) in [6, 6.07) is 6.92. The fourth-order valence-electron chi connectivity index (χ4n) is 2.75. The van der Waals surface area contributed by atoms with Crippen molar-refractivity contribution < 1.29 is 19.1 Å². The molecular weight excluding hydrogens is 350 g/mol. The van der Waals surface area contributed by atoms with Crippen LogP contribution in [-0.2, 0) is 19.1 Å². The van der Waals surface area contributed by atoms with E-state index in [0.29, 0.717) is 25.3 Å². The lowest BCUT2D eigenvalue weighted by molar-refractivity contribution is -0.143. The molecule has 0 bridgehead atoms. The Bertz CT molecular complexity index is 704. The number of nitrogens with two attached hydrogens (primary N) is 1. The normalized spacial score (nSPS) is 14.7. The number of rotatable bonds is 8. The molecule has 1 aliphatic heterocycles. The number of carbonyl (C=O) groups excluding carboxylic acids is 3. The highest BCUT2D eigenvalue weighted by atomic mass is 16.5. The Morgan fingerprint density at radius 2 is 1.96 bits per heavy atom. The fourth-order valence-corrected chi connectivity index (χ4v) is 2.75. The number of amidine groups is 1. The molecule has 1 aromatic rings. The van der Waals surface area contributed by atoms with Crippen LogP contribution in [0.2, 0.25) is 0 Å². The highest BCUT2D eigenvalue weighted by Crippen LogP contribution is 2.18. The van der Waals surface area contributed by atoms with Crippen molar-refractivity contribution in [3.05, 3.63) is 29.8 Å². The average molecular weight is 375 g/mol. The zero-order valence-corrected chi connectivity index (χ0v) is 15.4. The number of hydrogen-bond acceptors (Lipinski definition) is 6. The molecule has 9 heteroatoms. The Balaban J connectivity index is 1.79. The van der Waals surface area contributed by atoms with Crippen molar-refractivity contribution in [3.8, 4) is 0 Å². The molecule has 0 unspecified atom stereocenters. The molecule has 4 N–H and O–H groups in total. The van der Waals surface area contributed by atoms with Gasteiger partial charge in [0, 0.05) is 30.9 Å². The van der Waals surface area contributed by atoms with E-state index in [1.165, 1.54) is 0 Å². The number of carbonyl (C=O) groups is 3. The molecule has 0 radical (unpaired) electrons. The van der Waals surface area contributed by atoms with Gasteiger partial charge in [-0.1, -0.05) is 0 Å². The van der Waals surface area contributed by atoms with Crippen LogP contribution in [0.3, 0.4) is 0 Å². The Morgan fingerprint density at radius 3 is 2.56 bits per heavy atom. The van der Waals surface area contributed by atoms with Crippen molar-refractivity contribution in [2.45, 2.75) is 13.3 Å². The standard InChI is InChI=1S/C18H25N5O4/c1-2-27-17(26)7-8-21-15(24)11-22-9-10-23(16(25)12-22)14-5-3-13(4-6-14)18(19)20/h3-6H,2,7-12H2,1H3,(H3,19,20)(H,21,24). The van der Waals surface area contributed by atoms with E-state index < -0.39 is 0 Å². The molecule has 0 atom stereocenters. The second kappa shape index (κ2) is 9.67. The van der Waals surface area contributed by atoms with Crippen LogP contribution in [0.15, 0.2) is 24.3 Å². The van der Waals surface area contributed by atoms with Crippen molar-refractivity contribution in [1.29, 1.82) is 5.41 Å². The van der Waals surface area contributed by atoms with E-state index in [0.717, 1.165) is 5.69 Å². The summed E-state index contributed by atoms with van der Waals surface area (Å²) < 4.78 is 4.79. The predicted molar refractivity (Wildman–Crippen MR) is 101 cm³/mol. The van der Waals surface area contributed by atoms with E-state index in [9.17, 15) is 14.4 Å². The zero-order chi connectivity index (χ0) is 19.8. The quantitative estimate of drug-likeness (QED) is 0.325. The zero-order valence-electron chi connectivity index (χ0n) is 15.4. The summed E-state index contributed by atoms with van der Waals surface area (Å²) in [5, 5.41) is 10.1. The van der Waals surface area contributed by atoms with Crippen LogP contribution in [0.4, 0.5) is 5.69 Å². The number of nitrogens with one attached hydrogen (secondary N) is 2. The number of piperazine rings is 1. The minimum Gasteiger partial charge on any atom is -0.466 e. The number of nitrogen functional groups attached to an aromatic ring is 1. The third-order valence-corrected chi connectivity index (χ3v) is 4.11. The first-order valence-corrected chi connectivity index (χ1v) is 8.80. The molecular formula is C18H25N5O4. The molecule has 27 heavy (non-hydrogen) atoms. The first-order chi connectivity index (χ1) is 12.9. The summed E-state index contributed by atoms with van der Waals surface area (Å²) in [6.45, 7) is 3.53. The monoisotopic (exact) mass is 375 g/mol. The van der Waals surface area contributed by atoms with Crippen molar-refractivity contribution >= 4 is 29.3 Å². The molecule has 0 saturated carbocycles. The highest BCUT2D eigenvalue weighted by Gasteiger charge is 2.26. The van der Waals surface area contributed by atoms with Gasteiger partial charge in [0.1, 0.15) is 5.84 Å². The summed E-state index contributed by atoms with van der Waals surface area (Å²) >= 11 is 0. The predicted octanol–water partition coefficient (Wildman–Crippen LogP) is -0.311. The van der Waals surface area contributed by atoms with E-state index in [-0.39, 0.29) is 49.7 Å². The molecule has 0 aromatic heterocycles. The Kier molecular flexibility index (Phi) is 7.30. The summed E-state index contributed by atoms with van der Waals surface area (Å²) in [5.74, 6) is -0.702.